The number of hydrogen-bond acceptors (Lipinski definition) is 5. The van der Waals surface area contributed by atoms with Crippen LogP contribution in [0, 0.1) is 6.92 Å². The molecule has 0 fully saturated rings. The van der Waals surface area contributed by atoms with E-state index in [0.29, 0.717) is 11.1 Å². The quantitative estimate of drug-likeness (QED) is 0.418. The lowest BCUT2D eigenvalue weighted by atomic mass is 10.1. The maximum atomic E-state index is 13.2. The van der Waals surface area contributed by atoms with Gasteiger partial charge in [0, 0.05) is 11.8 Å². The number of ketones is 1. The number of alkyl halides is 3. The van der Waals surface area contributed by atoms with Gasteiger partial charge in [-0.3, -0.25) is 9.59 Å². The van der Waals surface area contributed by atoms with Crippen molar-refractivity contribution in [1.29, 1.82) is 0 Å². The van der Waals surface area contributed by atoms with E-state index in [1.54, 1.807) is 12.1 Å². The predicted octanol–water partition coefficient (Wildman–Crippen LogP) is 4.79. The van der Waals surface area contributed by atoms with Crippen LogP contribution >= 0.6 is 0 Å². The molecule has 0 amide bonds. The Bertz CT molecular complexity index is 1360. The maximum absolute atomic E-state index is 13.2. The zero-order chi connectivity index (χ0) is 22.9. The fourth-order valence-corrected chi connectivity index (χ4v) is 3.17. The van der Waals surface area contributed by atoms with Gasteiger partial charge in [0.25, 0.3) is 5.56 Å². The van der Waals surface area contributed by atoms with Gasteiger partial charge in [0.05, 0.1) is 23.8 Å². The first-order valence-electron chi connectivity index (χ1n) is 9.51. The van der Waals surface area contributed by atoms with Crippen LogP contribution in [0.3, 0.4) is 0 Å². The van der Waals surface area contributed by atoms with Crippen LogP contribution in [0.5, 0.6) is 11.6 Å². The van der Waals surface area contributed by atoms with Crippen molar-refractivity contribution in [3.05, 3.63) is 94.2 Å². The van der Waals surface area contributed by atoms with Gasteiger partial charge in [0.15, 0.2) is 5.78 Å². The number of pyridine rings is 1. The monoisotopic (exact) mass is 439 g/mol. The lowest BCUT2D eigenvalue weighted by Crippen LogP contribution is -2.17. The van der Waals surface area contributed by atoms with Gasteiger partial charge in [0.1, 0.15) is 11.3 Å². The predicted molar refractivity (Wildman–Crippen MR) is 111 cm³/mol. The summed E-state index contributed by atoms with van der Waals surface area (Å²) in [6.45, 7) is 1.85. The molecule has 0 N–H and O–H groups in total. The summed E-state index contributed by atoms with van der Waals surface area (Å²) >= 11 is 0. The van der Waals surface area contributed by atoms with Gasteiger partial charge in [-0.05, 0) is 37.3 Å². The number of ether oxygens (including phenoxy) is 1. The third-order valence-corrected chi connectivity index (χ3v) is 4.80. The van der Waals surface area contributed by atoms with Crippen molar-refractivity contribution >= 4 is 16.7 Å². The highest BCUT2D eigenvalue weighted by Crippen LogP contribution is 2.36. The summed E-state index contributed by atoms with van der Waals surface area (Å²) in [6, 6.07) is 13.3. The number of halogens is 3. The average Bonchev–Trinajstić information content (AvgIpc) is 2.76. The second-order valence-corrected chi connectivity index (χ2v) is 7.10. The van der Waals surface area contributed by atoms with Gasteiger partial charge in [-0.15, -0.1) is 0 Å². The molecule has 0 aliphatic carbocycles. The third-order valence-electron chi connectivity index (χ3n) is 4.80. The molecule has 2 aromatic carbocycles. The summed E-state index contributed by atoms with van der Waals surface area (Å²) in [7, 11) is 0. The zero-order valence-corrected chi connectivity index (χ0v) is 16.8. The summed E-state index contributed by atoms with van der Waals surface area (Å²) in [5, 5.41) is 0.103. The number of aromatic nitrogens is 3. The van der Waals surface area contributed by atoms with Crippen molar-refractivity contribution in [2.24, 2.45) is 0 Å². The molecular weight excluding hydrogens is 423 g/mol. The Morgan fingerprint density at radius 3 is 2.53 bits per heavy atom. The van der Waals surface area contributed by atoms with E-state index in [0.717, 1.165) is 17.7 Å². The molecule has 0 radical (unpaired) electrons. The Labute approximate surface area is 179 Å². The van der Waals surface area contributed by atoms with Crippen molar-refractivity contribution in [3.63, 3.8) is 0 Å². The van der Waals surface area contributed by atoms with Crippen molar-refractivity contribution in [2.45, 2.75) is 19.6 Å². The van der Waals surface area contributed by atoms with Crippen LogP contribution in [0.15, 0.2) is 71.9 Å². The number of rotatable bonds is 5. The van der Waals surface area contributed by atoms with E-state index in [4.69, 9.17) is 4.74 Å². The van der Waals surface area contributed by atoms with Crippen LogP contribution in [0.4, 0.5) is 13.2 Å². The zero-order valence-electron chi connectivity index (χ0n) is 16.8. The normalized spacial score (nSPS) is 11.5. The fourth-order valence-electron chi connectivity index (χ4n) is 3.17. The fraction of sp³-hybridized carbons (Fsp3) is 0.130. The topological polar surface area (TPSA) is 74.1 Å². The van der Waals surface area contributed by atoms with Gasteiger partial charge >= 0.3 is 6.18 Å². The molecule has 0 bridgehead atoms. The number of Topliss-reactive ketones (excluding diaryl/α,β-unsaturated/α-hetero) is 1. The van der Waals surface area contributed by atoms with Gasteiger partial charge in [0.2, 0.25) is 5.88 Å². The molecule has 0 saturated carbocycles. The van der Waals surface area contributed by atoms with Crippen LogP contribution in [-0.2, 0) is 12.7 Å². The van der Waals surface area contributed by atoms with Crippen LogP contribution in [0.2, 0.25) is 0 Å². The van der Waals surface area contributed by atoms with E-state index in [2.05, 4.69) is 9.97 Å². The van der Waals surface area contributed by atoms with Crippen LogP contribution in [0.1, 0.15) is 21.5 Å². The summed E-state index contributed by atoms with van der Waals surface area (Å²) in [5.41, 5.74) is 0.298. The molecule has 0 aliphatic heterocycles. The van der Waals surface area contributed by atoms with Crippen molar-refractivity contribution < 1.29 is 22.7 Å². The van der Waals surface area contributed by atoms with Gasteiger partial charge in [-0.1, -0.05) is 29.8 Å². The number of hydrogen-bond donors (Lipinski definition) is 0. The summed E-state index contributed by atoms with van der Waals surface area (Å²) in [4.78, 5) is 32.4. The third kappa shape index (κ3) is 4.36. The van der Waals surface area contributed by atoms with Gasteiger partial charge < -0.3 is 9.30 Å². The molecule has 0 aliphatic rings. The number of carbonyl (C=O) groups is 1. The molecule has 32 heavy (non-hydrogen) atoms. The lowest BCUT2D eigenvalue weighted by molar-refractivity contribution is -0.138. The van der Waals surface area contributed by atoms with Crippen molar-refractivity contribution in [3.8, 4) is 11.6 Å². The first-order chi connectivity index (χ1) is 15.2. The number of aryl methyl sites for hydroxylation is 1. The van der Waals surface area contributed by atoms with E-state index >= 15 is 0 Å². The van der Waals surface area contributed by atoms with E-state index < -0.39 is 23.2 Å². The maximum Gasteiger partial charge on any atom is 0.421 e. The molecule has 0 atom stereocenters. The molecular formula is C23H16F3N3O3. The minimum Gasteiger partial charge on any atom is -0.438 e. The van der Waals surface area contributed by atoms with E-state index in [-0.39, 0.29) is 23.5 Å². The second-order valence-electron chi connectivity index (χ2n) is 7.10. The second kappa shape index (κ2) is 8.26. The molecule has 2 aromatic heterocycles. The molecule has 4 aromatic rings. The summed E-state index contributed by atoms with van der Waals surface area (Å²) in [6.07, 6.45) is -2.21. The Hall–Kier alpha value is -4.01. The molecule has 0 unspecified atom stereocenters. The summed E-state index contributed by atoms with van der Waals surface area (Å²) < 4.78 is 46.4. The number of carbonyl (C=O) groups excluding carboxylic acids is 1. The Kier molecular flexibility index (Phi) is 5.48. The molecule has 2 heterocycles. The van der Waals surface area contributed by atoms with Crippen LogP contribution in [0.25, 0.3) is 10.9 Å². The SMILES string of the molecule is Cc1ccc(C(=O)Cn2cnc(=O)c3cc(Oc4ncccc4C(F)(F)F)ccc32)cc1. The molecule has 9 heteroatoms. The van der Waals surface area contributed by atoms with Crippen LogP contribution < -0.4 is 10.3 Å². The molecule has 0 saturated heterocycles. The minimum atomic E-state index is -4.65. The van der Waals surface area contributed by atoms with E-state index in [1.165, 1.54) is 35.3 Å². The number of benzene rings is 2. The Morgan fingerprint density at radius 2 is 1.81 bits per heavy atom. The highest BCUT2D eigenvalue weighted by molar-refractivity contribution is 5.96. The first-order valence-corrected chi connectivity index (χ1v) is 9.51. The summed E-state index contributed by atoms with van der Waals surface area (Å²) in [5.74, 6) is -0.818. The van der Waals surface area contributed by atoms with E-state index in [1.807, 2.05) is 19.1 Å². The van der Waals surface area contributed by atoms with Crippen molar-refractivity contribution in [2.75, 3.05) is 0 Å². The molecule has 6 nitrogen and oxygen atoms in total. The number of nitrogens with zero attached hydrogens (tertiary/aromatic N) is 3. The van der Waals surface area contributed by atoms with Gasteiger partial charge in [-0.2, -0.15) is 18.2 Å². The van der Waals surface area contributed by atoms with Crippen LogP contribution in [-0.4, -0.2) is 20.3 Å². The highest BCUT2D eigenvalue weighted by Gasteiger charge is 2.35. The molecule has 0 spiro atoms. The lowest BCUT2D eigenvalue weighted by Gasteiger charge is -2.13. The first kappa shape index (κ1) is 21.2. The molecule has 162 valence electrons. The van der Waals surface area contributed by atoms with Crippen molar-refractivity contribution in [1.82, 2.24) is 14.5 Å². The Morgan fingerprint density at radius 1 is 1.06 bits per heavy atom. The average molecular weight is 439 g/mol. The number of fused-ring (bicyclic) bond motifs is 1. The largest absolute Gasteiger partial charge is 0.438 e. The minimum absolute atomic E-state index is 0.0109. The van der Waals surface area contributed by atoms with E-state index in [9.17, 15) is 22.8 Å². The van der Waals surface area contributed by atoms with Gasteiger partial charge in [-0.25, -0.2) is 4.98 Å². The standard InChI is InChI=1S/C23H16F3N3O3/c1-14-4-6-15(7-5-14)20(30)12-29-13-28-21(31)17-11-16(8-9-19(17)29)32-22-18(23(24,25)26)3-2-10-27-22/h2-11,13H,12H2,1H3. The smallest absolute Gasteiger partial charge is 0.421 e. The Balaban J connectivity index is 1.67. The highest BCUT2D eigenvalue weighted by atomic mass is 19.4. The molecule has 4 rings (SSSR count).